The van der Waals surface area contributed by atoms with Crippen LogP contribution in [0.3, 0.4) is 0 Å². The van der Waals surface area contributed by atoms with Crippen LogP contribution >= 0.6 is 0 Å². The summed E-state index contributed by atoms with van der Waals surface area (Å²) in [7, 11) is -0.831. The third-order valence-electron chi connectivity index (χ3n) is 7.25. The maximum atomic E-state index is 15.5. The highest BCUT2D eigenvalue weighted by Gasteiger charge is 2.52. The highest BCUT2D eigenvalue weighted by atomic mass is 19.1. The summed E-state index contributed by atoms with van der Waals surface area (Å²) in [5, 5.41) is 12.0. The van der Waals surface area contributed by atoms with Crippen molar-refractivity contribution in [3.63, 3.8) is 0 Å². The minimum Gasteiger partial charge on any atom is -0.465 e. The molecule has 1 aliphatic heterocycles. The van der Waals surface area contributed by atoms with E-state index >= 15 is 4.39 Å². The van der Waals surface area contributed by atoms with Crippen LogP contribution in [0.4, 0.5) is 9.18 Å². The number of H-pyrrole nitrogens is 1. The SMILES string of the molecule is CC1CCC(C(NC(=O)O)c2nc3c(F)c(B4OC(C)(C)C(C)(C)O4)ccc3[nH]2)CC1. The number of halogens is 1. The Morgan fingerprint density at radius 3 is 2.42 bits per heavy atom. The molecular formula is C22H31BFN3O4. The van der Waals surface area contributed by atoms with E-state index in [-0.39, 0.29) is 11.4 Å². The first-order valence-electron chi connectivity index (χ1n) is 11.0. The van der Waals surface area contributed by atoms with Crippen LogP contribution in [0.1, 0.15) is 72.2 Å². The first-order valence-corrected chi connectivity index (χ1v) is 11.0. The minimum atomic E-state index is -1.11. The lowest BCUT2D eigenvalue weighted by Crippen LogP contribution is -2.41. The summed E-state index contributed by atoms with van der Waals surface area (Å²) in [5.74, 6) is 0.697. The molecule has 7 nitrogen and oxygen atoms in total. The zero-order chi connectivity index (χ0) is 22.6. The van der Waals surface area contributed by atoms with Gasteiger partial charge >= 0.3 is 13.2 Å². The fourth-order valence-corrected chi connectivity index (χ4v) is 4.54. The molecule has 1 saturated heterocycles. The molecule has 0 bridgehead atoms. The Balaban J connectivity index is 1.67. The molecule has 31 heavy (non-hydrogen) atoms. The van der Waals surface area contributed by atoms with Gasteiger partial charge in [-0.25, -0.2) is 14.2 Å². The Bertz CT molecular complexity index is 969. The Morgan fingerprint density at radius 2 is 1.84 bits per heavy atom. The molecule has 2 aromatic rings. The van der Waals surface area contributed by atoms with Gasteiger partial charge in [-0.15, -0.1) is 0 Å². The second kappa shape index (κ2) is 7.78. The first-order chi connectivity index (χ1) is 14.5. The van der Waals surface area contributed by atoms with E-state index in [0.717, 1.165) is 25.7 Å². The van der Waals surface area contributed by atoms with E-state index in [0.29, 0.717) is 22.7 Å². The maximum absolute atomic E-state index is 15.5. The molecule has 1 saturated carbocycles. The summed E-state index contributed by atoms with van der Waals surface area (Å²) < 4.78 is 27.5. The predicted octanol–water partition coefficient (Wildman–Crippen LogP) is 4.14. The molecule has 3 N–H and O–H groups in total. The number of fused-ring (bicyclic) bond motifs is 1. The van der Waals surface area contributed by atoms with Crippen LogP contribution in [0.2, 0.25) is 0 Å². The molecule has 1 aromatic heterocycles. The van der Waals surface area contributed by atoms with Crippen molar-refractivity contribution in [2.45, 2.75) is 77.5 Å². The van der Waals surface area contributed by atoms with E-state index in [1.165, 1.54) is 0 Å². The molecule has 168 valence electrons. The lowest BCUT2D eigenvalue weighted by molar-refractivity contribution is 0.00578. The molecule has 0 spiro atoms. The predicted molar refractivity (Wildman–Crippen MR) is 117 cm³/mol. The molecule has 1 atom stereocenters. The summed E-state index contributed by atoms with van der Waals surface area (Å²) in [6.07, 6.45) is 2.80. The summed E-state index contributed by atoms with van der Waals surface area (Å²) in [6, 6.07) is 2.89. The van der Waals surface area contributed by atoms with Gasteiger partial charge in [0.2, 0.25) is 0 Å². The fraction of sp³-hybridized carbons (Fsp3) is 0.636. The lowest BCUT2D eigenvalue weighted by atomic mass is 9.78. The molecule has 2 fully saturated rings. The molecule has 2 aliphatic rings. The largest absolute Gasteiger partial charge is 0.497 e. The molecule has 1 aliphatic carbocycles. The van der Waals surface area contributed by atoms with E-state index in [1.807, 2.05) is 27.7 Å². The Labute approximate surface area is 182 Å². The zero-order valence-corrected chi connectivity index (χ0v) is 18.8. The molecular weight excluding hydrogens is 400 g/mol. The third kappa shape index (κ3) is 4.05. The van der Waals surface area contributed by atoms with Crippen LogP contribution in [0.15, 0.2) is 12.1 Å². The van der Waals surface area contributed by atoms with Crippen molar-refractivity contribution in [3.05, 3.63) is 23.8 Å². The topological polar surface area (TPSA) is 96.5 Å². The number of aromatic amines is 1. The summed E-state index contributed by atoms with van der Waals surface area (Å²) in [4.78, 5) is 19.1. The number of hydrogen-bond donors (Lipinski definition) is 3. The van der Waals surface area contributed by atoms with E-state index in [1.54, 1.807) is 12.1 Å². The van der Waals surface area contributed by atoms with Gasteiger partial charge < -0.3 is 24.7 Å². The number of rotatable bonds is 4. The van der Waals surface area contributed by atoms with Crippen molar-refractivity contribution in [1.82, 2.24) is 15.3 Å². The van der Waals surface area contributed by atoms with Crippen molar-refractivity contribution < 1.29 is 23.6 Å². The molecule has 9 heteroatoms. The number of amides is 1. The number of benzene rings is 1. The fourth-order valence-electron chi connectivity index (χ4n) is 4.54. The summed E-state index contributed by atoms with van der Waals surface area (Å²) in [6.45, 7) is 9.89. The quantitative estimate of drug-likeness (QED) is 0.633. The molecule has 4 rings (SSSR count). The summed E-state index contributed by atoms with van der Waals surface area (Å²) >= 11 is 0. The lowest BCUT2D eigenvalue weighted by Gasteiger charge is -2.32. The van der Waals surface area contributed by atoms with Gasteiger partial charge in [-0.2, -0.15) is 0 Å². The first kappa shape index (κ1) is 22.1. The number of carbonyl (C=O) groups is 1. The highest BCUT2D eigenvalue weighted by Crippen LogP contribution is 2.38. The van der Waals surface area contributed by atoms with Gasteiger partial charge in [0, 0.05) is 5.46 Å². The van der Waals surface area contributed by atoms with Crippen LogP contribution in [0.25, 0.3) is 11.0 Å². The van der Waals surface area contributed by atoms with Gasteiger partial charge in [0.05, 0.1) is 22.8 Å². The standard InChI is InChI=1S/C22H31BFN3O4/c1-12-6-8-13(9-7-12)17(27-20(28)29)19-25-15-11-10-14(16(24)18(15)26-19)23-30-21(2,3)22(4,5)31-23/h10-13,17,27H,6-9H2,1-5H3,(H,25,26)(H,28,29). The van der Waals surface area contributed by atoms with Crippen LogP contribution < -0.4 is 10.8 Å². The molecule has 1 amide bonds. The Morgan fingerprint density at radius 1 is 1.23 bits per heavy atom. The van der Waals surface area contributed by atoms with Gasteiger partial charge in [-0.1, -0.05) is 25.8 Å². The molecule has 1 aromatic carbocycles. The number of nitrogens with one attached hydrogen (secondary N) is 2. The van der Waals surface area contributed by atoms with Gasteiger partial charge in [0.1, 0.15) is 11.3 Å². The van der Waals surface area contributed by atoms with Crippen LogP contribution in [-0.2, 0) is 9.31 Å². The van der Waals surface area contributed by atoms with E-state index in [4.69, 9.17) is 9.31 Å². The maximum Gasteiger partial charge on any atom is 0.497 e. The van der Waals surface area contributed by atoms with Crippen molar-refractivity contribution in [3.8, 4) is 0 Å². The normalized spacial score (nSPS) is 26.2. The molecule has 2 heterocycles. The van der Waals surface area contributed by atoms with Crippen molar-refractivity contribution in [2.24, 2.45) is 11.8 Å². The number of carboxylic acid groups (broad SMARTS) is 1. The number of aromatic nitrogens is 2. The smallest absolute Gasteiger partial charge is 0.465 e. The zero-order valence-electron chi connectivity index (χ0n) is 18.8. The van der Waals surface area contributed by atoms with Crippen molar-refractivity contribution in [2.75, 3.05) is 0 Å². The summed E-state index contributed by atoms with van der Waals surface area (Å²) in [5.41, 5.74) is -0.175. The molecule has 1 unspecified atom stereocenters. The van der Waals surface area contributed by atoms with E-state index in [2.05, 4.69) is 22.2 Å². The van der Waals surface area contributed by atoms with Crippen molar-refractivity contribution in [1.29, 1.82) is 0 Å². The minimum absolute atomic E-state index is 0.124. The average Bonchev–Trinajstić information content (AvgIpc) is 3.19. The van der Waals surface area contributed by atoms with E-state index in [9.17, 15) is 9.90 Å². The van der Waals surface area contributed by atoms with E-state index < -0.39 is 36.3 Å². The number of imidazole rings is 1. The Hall–Kier alpha value is -2.13. The second-order valence-corrected chi connectivity index (χ2v) is 10.0. The monoisotopic (exact) mass is 431 g/mol. The Kier molecular flexibility index (Phi) is 5.54. The van der Waals surface area contributed by atoms with Gasteiger partial charge in [-0.3, -0.25) is 0 Å². The third-order valence-corrected chi connectivity index (χ3v) is 7.25. The number of nitrogens with zero attached hydrogens (tertiary/aromatic N) is 1. The van der Waals surface area contributed by atoms with Crippen LogP contribution in [-0.4, -0.2) is 39.5 Å². The van der Waals surface area contributed by atoms with Gasteiger partial charge in [0.15, 0.2) is 5.82 Å². The van der Waals surface area contributed by atoms with Gasteiger partial charge in [0.25, 0.3) is 0 Å². The molecule has 0 radical (unpaired) electrons. The second-order valence-electron chi connectivity index (χ2n) is 10.0. The van der Waals surface area contributed by atoms with Crippen LogP contribution in [0.5, 0.6) is 0 Å². The van der Waals surface area contributed by atoms with Crippen LogP contribution in [0, 0.1) is 17.7 Å². The highest BCUT2D eigenvalue weighted by molar-refractivity contribution is 6.62. The number of hydrogen-bond acceptors (Lipinski definition) is 4. The average molecular weight is 431 g/mol. The van der Waals surface area contributed by atoms with Crippen molar-refractivity contribution >= 4 is 29.7 Å². The van der Waals surface area contributed by atoms with Gasteiger partial charge in [-0.05, 0) is 58.4 Å².